The summed E-state index contributed by atoms with van der Waals surface area (Å²) in [6.07, 6.45) is 0. The highest BCUT2D eigenvalue weighted by atomic mass is 16.2. The molecule has 0 aliphatic rings. The van der Waals surface area contributed by atoms with Crippen molar-refractivity contribution in [3.8, 4) is 0 Å². The Morgan fingerprint density at radius 3 is 2.46 bits per heavy atom. The van der Waals surface area contributed by atoms with Gasteiger partial charge in [0.15, 0.2) is 0 Å². The van der Waals surface area contributed by atoms with Crippen LogP contribution < -0.4 is 4.90 Å². The highest BCUT2D eigenvalue weighted by molar-refractivity contribution is 5.79. The molecule has 0 saturated carbocycles. The summed E-state index contributed by atoms with van der Waals surface area (Å²) in [5, 5.41) is 8.15. The minimum absolute atomic E-state index is 0.00217. The third kappa shape index (κ3) is 3.37. The Morgan fingerprint density at radius 2 is 1.75 bits per heavy atom. The van der Waals surface area contributed by atoms with Gasteiger partial charge in [-0.15, -0.1) is 5.10 Å². The maximum absolute atomic E-state index is 12.5. The summed E-state index contributed by atoms with van der Waals surface area (Å²) in [6.45, 7) is 0.756. The fourth-order valence-corrected chi connectivity index (χ4v) is 2.54. The Labute approximate surface area is 141 Å². The minimum atomic E-state index is 0.00217. The molecule has 6 nitrogen and oxygen atoms in total. The topological polar surface area (TPSA) is 54.3 Å². The molecule has 0 saturated heterocycles. The second-order valence-electron chi connectivity index (χ2n) is 6.05. The molecule has 1 amide bonds. The predicted molar refractivity (Wildman–Crippen MR) is 94.8 cm³/mol. The van der Waals surface area contributed by atoms with Gasteiger partial charge in [-0.2, -0.15) is 0 Å². The van der Waals surface area contributed by atoms with Crippen molar-refractivity contribution < 1.29 is 4.79 Å². The number of fused-ring (bicyclic) bond motifs is 1. The summed E-state index contributed by atoms with van der Waals surface area (Å²) in [4.78, 5) is 16.2. The molecule has 0 N–H and O–H groups in total. The second-order valence-corrected chi connectivity index (χ2v) is 6.05. The van der Waals surface area contributed by atoms with Crippen LogP contribution in [0, 0.1) is 0 Å². The van der Waals surface area contributed by atoms with Gasteiger partial charge < -0.3 is 9.80 Å². The summed E-state index contributed by atoms with van der Waals surface area (Å²) >= 11 is 0. The maximum atomic E-state index is 12.5. The van der Waals surface area contributed by atoms with E-state index in [0.29, 0.717) is 6.54 Å². The fraction of sp³-hybridized carbons (Fsp3) is 0.278. The van der Waals surface area contributed by atoms with Crippen LogP contribution in [0.3, 0.4) is 0 Å². The normalized spacial score (nSPS) is 10.8. The molecular weight excluding hydrogens is 302 g/mol. The first-order chi connectivity index (χ1) is 11.5. The van der Waals surface area contributed by atoms with Crippen LogP contribution in [0.15, 0.2) is 48.5 Å². The lowest BCUT2D eigenvalue weighted by molar-refractivity contribution is -0.131. The number of hydrogen-bond acceptors (Lipinski definition) is 4. The first kappa shape index (κ1) is 16.0. The van der Waals surface area contributed by atoms with Gasteiger partial charge in [0.25, 0.3) is 0 Å². The lowest BCUT2D eigenvalue weighted by Gasteiger charge is -2.18. The van der Waals surface area contributed by atoms with E-state index in [1.807, 2.05) is 50.5 Å². The van der Waals surface area contributed by atoms with Gasteiger partial charge in [0.05, 0.1) is 5.52 Å². The van der Waals surface area contributed by atoms with E-state index in [9.17, 15) is 4.79 Å². The third-order valence-electron chi connectivity index (χ3n) is 4.00. The molecule has 0 fully saturated rings. The van der Waals surface area contributed by atoms with E-state index < -0.39 is 0 Å². The predicted octanol–water partition coefficient (Wildman–Crippen LogP) is 2.16. The van der Waals surface area contributed by atoms with E-state index in [0.717, 1.165) is 22.3 Å². The molecule has 1 aromatic heterocycles. The molecular formula is C18H21N5O. The molecule has 0 spiro atoms. The molecule has 3 aromatic rings. The number of carbonyl (C=O) groups excluding carboxylic acids is 1. The van der Waals surface area contributed by atoms with Crippen molar-refractivity contribution in [2.24, 2.45) is 0 Å². The van der Waals surface area contributed by atoms with E-state index in [4.69, 9.17) is 0 Å². The SMILES string of the molecule is CN(Cc1ccc(N(C)C)cc1)C(=O)Cn1nnc2ccccc21. The highest BCUT2D eigenvalue weighted by Gasteiger charge is 2.13. The number of para-hydroxylation sites is 1. The molecule has 0 radical (unpaired) electrons. The van der Waals surface area contributed by atoms with Crippen LogP contribution >= 0.6 is 0 Å². The number of hydrogen-bond donors (Lipinski definition) is 0. The largest absolute Gasteiger partial charge is 0.378 e. The maximum Gasteiger partial charge on any atom is 0.244 e. The molecule has 6 heteroatoms. The molecule has 0 aliphatic heterocycles. The smallest absolute Gasteiger partial charge is 0.244 e. The zero-order valence-electron chi connectivity index (χ0n) is 14.2. The molecule has 0 unspecified atom stereocenters. The minimum Gasteiger partial charge on any atom is -0.378 e. The van der Waals surface area contributed by atoms with Gasteiger partial charge in [-0.3, -0.25) is 4.79 Å². The van der Waals surface area contributed by atoms with Crippen molar-refractivity contribution >= 4 is 22.6 Å². The summed E-state index contributed by atoms with van der Waals surface area (Å²) in [6, 6.07) is 15.8. The van der Waals surface area contributed by atoms with E-state index in [2.05, 4.69) is 27.3 Å². The van der Waals surface area contributed by atoms with E-state index in [1.165, 1.54) is 0 Å². The van der Waals surface area contributed by atoms with Gasteiger partial charge in [0, 0.05) is 33.4 Å². The molecule has 2 aromatic carbocycles. The first-order valence-electron chi connectivity index (χ1n) is 7.83. The summed E-state index contributed by atoms with van der Waals surface area (Å²) in [5.74, 6) is 0.00217. The Balaban J connectivity index is 1.66. The van der Waals surface area contributed by atoms with Crippen molar-refractivity contribution in [1.29, 1.82) is 0 Å². The Bertz CT molecular complexity index is 838. The Kier molecular flexibility index (Phi) is 4.46. The molecule has 24 heavy (non-hydrogen) atoms. The second kappa shape index (κ2) is 6.70. The van der Waals surface area contributed by atoms with Crippen LogP contribution in [0.1, 0.15) is 5.56 Å². The van der Waals surface area contributed by atoms with Crippen LogP contribution in [0.5, 0.6) is 0 Å². The quantitative estimate of drug-likeness (QED) is 0.722. The van der Waals surface area contributed by atoms with Crippen LogP contribution in [0.2, 0.25) is 0 Å². The monoisotopic (exact) mass is 323 g/mol. The molecule has 0 bridgehead atoms. The molecule has 124 valence electrons. The number of aromatic nitrogens is 3. The van der Waals surface area contributed by atoms with Gasteiger partial charge in [0.2, 0.25) is 5.91 Å². The lowest BCUT2D eigenvalue weighted by atomic mass is 10.2. The highest BCUT2D eigenvalue weighted by Crippen LogP contribution is 2.14. The standard InChI is InChI=1S/C18H21N5O/c1-21(2)15-10-8-14(9-11-15)12-22(3)18(24)13-23-17-7-5-4-6-16(17)19-20-23/h4-11H,12-13H2,1-3H3. The Morgan fingerprint density at radius 1 is 1.04 bits per heavy atom. The van der Waals surface area contributed by atoms with Crippen LogP contribution in [-0.2, 0) is 17.9 Å². The van der Waals surface area contributed by atoms with Gasteiger partial charge in [0.1, 0.15) is 12.1 Å². The van der Waals surface area contributed by atoms with E-state index in [1.54, 1.807) is 16.6 Å². The number of carbonyl (C=O) groups is 1. The summed E-state index contributed by atoms with van der Waals surface area (Å²) in [7, 11) is 5.82. The van der Waals surface area contributed by atoms with Crippen molar-refractivity contribution in [1.82, 2.24) is 19.9 Å². The number of benzene rings is 2. The number of amides is 1. The van der Waals surface area contributed by atoms with Gasteiger partial charge in [-0.1, -0.05) is 29.5 Å². The van der Waals surface area contributed by atoms with Crippen molar-refractivity contribution in [2.75, 3.05) is 26.0 Å². The Hall–Kier alpha value is -2.89. The van der Waals surface area contributed by atoms with Crippen molar-refractivity contribution in [2.45, 2.75) is 13.1 Å². The van der Waals surface area contributed by atoms with Gasteiger partial charge in [-0.05, 0) is 29.8 Å². The summed E-state index contributed by atoms with van der Waals surface area (Å²) in [5.41, 5.74) is 3.91. The average molecular weight is 323 g/mol. The van der Waals surface area contributed by atoms with Gasteiger partial charge in [-0.25, -0.2) is 4.68 Å². The first-order valence-corrected chi connectivity index (χ1v) is 7.83. The molecule has 3 rings (SSSR count). The fourth-order valence-electron chi connectivity index (χ4n) is 2.54. The van der Waals surface area contributed by atoms with E-state index in [-0.39, 0.29) is 12.5 Å². The van der Waals surface area contributed by atoms with Crippen molar-refractivity contribution in [3.05, 3.63) is 54.1 Å². The number of rotatable bonds is 5. The summed E-state index contributed by atoms with van der Waals surface area (Å²) < 4.78 is 1.64. The average Bonchev–Trinajstić information content (AvgIpc) is 2.98. The van der Waals surface area contributed by atoms with Crippen LogP contribution in [-0.4, -0.2) is 46.9 Å². The number of nitrogens with zero attached hydrogens (tertiary/aromatic N) is 5. The van der Waals surface area contributed by atoms with Gasteiger partial charge >= 0.3 is 0 Å². The zero-order valence-corrected chi connectivity index (χ0v) is 14.2. The molecule has 0 aliphatic carbocycles. The van der Waals surface area contributed by atoms with Crippen molar-refractivity contribution in [3.63, 3.8) is 0 Å². The number of anilines is 1. The molecule has 0 atom stereocenters. The number of likely N-dealkylation sites (N-methyl/N-ethyl adjacent to an activating group) is 1. The third-order valence-corrected chi connectivity index (χ3v) is 4.00. The van der Waals surface area contributed by atoms with Crippen LogP contribution in [0.25, 0.3) is 11.0 Å². The van der Waals surface area contributed by atoms with Crippen LogP contribution in [0.4, 0.5) is 5.69 Å². The van der Waals surface area contributed by atoms with E-state index >= 15 is 0 Å². The zero-order chi connectivity index (χ0) is 17.1. The molecule has 1 heterocycles. The lowest BCUT2D eigenvalue weighted by Crippen LogP contribution is -2.30.